The number of carbonyl (C=O) groups excluding carboxylic acids is 1. The molecule has 0 aromatic rings. The van der Waals surface area contributed by atoms with Gasteiger partial charge in [0, 0.05) is 32.6 Å². The number of amides is 1. The molecule has 1 aliphatic rings. The molecule has 0 radical (unpaired) electrons. The standard InChI is InChI=1S/C18H36N2O2/c1-15(2)17(21)19(6)11-8-16-14-20(12-13-22-16)10-7-9-18(3,4)5/h15-16H,7-14H2,1-6H3/t16-/m1/s1. The summed E-state index contributed by atoms with van der Waals surface area (Å²) in [5.41, 5.74) is 0.422. The third-order valence-electron chi connectivity index (χ3n) is 4.28. The van der Waals surface area contributed by atoms with E-state index < -0.39 is 0 Å². The SMILES string of the molecule is CC(C)C(=O)N(C)CC[C@@H]1CN(CCCC(C)(C)C)CCO1. The van der Waals surface area contributed by atoms with Crippen LogP contribution in [0.4, 0.5) is 0 Å². The Kier molecular flexibility index (Phi) is 7.84. The highest BCUT2D eigenvalue weighted by Crippen LogP contribution is 2.21. The average molecular weight is 312 g/mol. The van der Waals surface area contributed by atoms with Crippen LogP contribution in [0.25, 0.3) is 0 Å². The van der Waals surface area contributed by atoms with Gasteiger partial charge in [-0.1, -0.05) is 34.6 Å². The molecule has 1 rings (SSSR count). The van der Waals surface area contributed by atoms with Gasteiger partial charge in [0.1, 0.15) is 0 Å². The van der Waals surface area contributed by atoms with E-state index in [1.807, 2.05) is 25.8 Å². The van der Waals surface area contributed by atoms with Crippen LogP contribution in [0.3, 0.4) is 0 Å². The Hall–Kier alpha value is -0.610. The maximum absolute atomic E-state index is 11.9. The van der Waals surface area contributed by atoms with Crippen molar-refractivity contribution in [3.05, 3.63) is 0 Å². The molecule has 0 aromatic heterocycles. The van der Waals surface area contributed by atoms with Crippen LogP contribution in [0.2, 0.25) is 0 Å². The van der Waals surface area contributed by atoms with Gasteiger partial charge < -0.3 is 9.64 Å². The first kappa shape index (κ1) is 19.4. The van der Waals surface area contributed by atoms with Crippen LogP contribution in [0.15, 0.2) is 0 Å². The molecule has 1 saturated heterocycles. The van der Waals surface area contributed by atoms with Gasteiger partial charge in [0.2, 0.25) is 5.91 Å². The summed E-state index contributed by atoms with van der Waals surface area (Å²) in [6, 6.07) is 0. The molecule has 1 amide bonds. The van der Waals surface area contributed by atoms with Crippen LogP contribution in [-0.4, -0.2) is 61.6 Å². The molecule has 0 aliphatic carbocycles. The molecule has 0 aromatic carbocycles. The van der Waals surface area contributed by atoms with Gasteiger partial charge in [0.05, 0.1) is 12.7 Å². The van der Waals surface area contributed by atoms with Gasteiger partial charge in [-0.2, -0.15) is 0 Å². The van der Waals surface area contributed by atoms with E-state index in [1.54, 1.807) is 0 Å². The Bertz CT molecular complexity index is 336. The van der Waals surface area contributed by atoms with E-state index >= 15 is 0 Å². The van der Waals surface area contributed by atoms with Crippen LogP contribution in [0, 0.1) is 11.3 Å². The largest absolute Gasteiger partial charge is 0.375 e. The number of hydrogen-bond acceptors (Lipinski definition) is 3. The summed E-state index contributed by atoms with van der Waals surface area (Å²) in [6.07, 6.45) is 3.72. The summed E-state index contributed by atoms with van der Waals surface area (Å²) in [5, 5.41) is 0. The average Bonchev–Trinajstić information content (AvgIpc) is 2.43. The van der Waals surface area contributed by atoms with E-state index in [0.717, 1.165) is 39.2 Å². The Morgan fingerprint density at radius 2 is 2.05 bits per heavy atom. The fraction of sp³-hybridized carbons (Fsp3) is 0.944. The Labute approximate surface area is 137 Å². The predicted molar refractivity (Wildman–Crippen MR) is 92.0 cm³/mol. The van der Waals surface area contributed by atoms with Gasteiger partial charge >= 0.3 is 0 Å². The lowest BCUT2D eigenvalue weighted by atomic mass is 9.90. The molecular weight excluding hydrogens is 276 g/mol. The van der Waals surface area contributed by atoms with Crippen LogP contribution in [0.1, 0.15) is 53.9 Å². The molecule has 1 aliphatic heterocycles. The van der Waals surface area contributed by atoms with Gasteiger partial charge in [-0.25, -0.2) is 0 Å². The van der Waals surface area contributed by atoms with Crippen molar-refractivity contribution in [3.8, 4) is 0 Å². The second-order valence-electron chi connectivity index (χ2n) is 8.16. The highest BCUT2D eigenvalue weighted by molar-refractivity contribution is 5.77. The Balaban J connectivity index is 2.27. The monoisotopic (exact) mass is 312 g/mol. The lowest BCUT2D eigenvalue weighted by molar-refractivity contribution is -0.133. The van der Waals surface area contributed by atoms with Gasteiger partial charge in [0.15, 0.2) is 0 Å². The molecule has 1 heterocycles. The van der Waals surface area contributed by atoms with Crippen molar-refractivity contribution in [2.45, 2.75) is 60.0 Å². The topological polar surface area (TPSA) is 32.8 Å². The first-order valence-corrected chi connectivity index (χ1v) is 8.78. The van der Waals surface area contributed by atoms with Gasteiger partial charge in [-0.15, -0.1) is 0 Å². The van der Waals surface area contributed by atoms with Crippen LogP contribution in [0.5, 0.6) is 0 Å². The summed E-state index contributed by atoms with van der Waals surface area (Å²) in [5.74, 6) is 0.295. The lowest BCUT2D eigenvalue weighted by Gasteiger charge is -2.34. The number of hydrogen-bond donors (Lipinski definition) is 0. The van der Waals surface area contributed by atoms with Crippen molar-refractivity contribution in [3.63, 3.8) is 0 Å². The van der Waals surface area contributed by atoms with E-state index in [0.29, 0.717) is 5.41 Å². The second-order valence-corrected chi connectivity index (χ2v) is 8.16. The number of morpholine rings is 1. The third kappa shape index (κ3) is 7.59. The number of nitrogens with zero attached hydrogens (tertiary/aromatic N) is 2. The summed E-state index contributed by atoms with van der Waals surface area (Å²) in [7, 11) is 1.90. The minimum absolute atomic E-state index is 0.0752. The van der Waals surface area contributed by atoms with Crippen molar-refractivity contribution in [2.75, 3.05) is 39.8 Å². The molecule has 4 nitrogen and oxygen atoms in total. The van der Waals surface area contributed by atoms with Crippen molar-refractivity contribution < 1.29 is 9.53 Å². The quantitative estimate of drug-likeness (QED) is 0.724. The highest BCUT2D eigenvalue weighted by atomic mass is 16.5. The van der Waals surface area contributed by atoms with Crippen LogP contribution >= 0.6 is 0 Å². The van der Waals surface area contributed by atoms with E-state index in [2.05, 4.69) is 25.7 Å². The molecule has 1 fully saturated rings. The van der Waals surface area contributed by atoms with E-state index in [9.17, 15) is 4.79 Å². The summed E-state index contributed by atoms with van der Waals surface area (Å²) in [6.45, 7) is 15.6. The van der Waals surface area contributed by atoms with Gasteiger partial charge in [-0.05, 0) is 31.2 Å². The zero-order valence-corrected chi connectivity index (χ0v) is 15.5. The van der Waals surface area contributed by atoms with E-state index in [4.69, 9.17) is 4.74 Å². The maximum Gasteiger partial charge on any atom is 0.224 e. The van der Waals surface area contributed by atoms with Crippen molar-refractivity contribution >= 4 is 5.91 Å². The van der Waals surface area contributed by atoms with Crippen molar-refractivity contribution in [1.29, 1.82) is 0 Å². The molecule has 130 valence electrons. The molecule has 0 bridgehead atoms. The van der Waals surface area contributed by atoms with Gasteiger partial charge in [0.25, 0.3) is 0 Å². The Morgan fingerprint density at radius 3 is 2.64 bits per heavy atom. The van der Waals surface area contributed by atoms with Crippen molar-refractivity contribution in [1.82, 2.24) is 9.80 Å². The molecule has 4 heteroatoms. The minimum atomic E-state index is 0.0752. The van der Waals surface area contributed by atoms with E-state index in [-0.39, 0.29) is 17.9 Å². The fourth-order valence-corrected chi connectivity index (χ4v) is 2.88. The Morgan fingerprint density at radius 1 is 1.36 bits per heavy atom. The minimum Gasteiger partial charge on any atom is -0.375 e. The highest BCUT2D eigenvalue weighted by Gasteiger charge is 2.22. The van der Waals surface area contributed by atoms with Crippen LogP contribution < -0.4 is 0 Å². The molecule has 0 N–H and O–H groups in total. The molecule has 0 saturated carbocycles. The zero-order chi connectivity index (χ0) is 16.8. The predicted octanol–water partition coefficient (Wildman–Crippen LogP) is 3.02. The number of ether oxygens (including phenoxy) is 1. The number of rotatable bonds is 7. The first-order chi connectivity index (χ1) is 10.2. The second kappa shape index (κ2) is 8.88. The number of carbonyl (C=O) groups is 1. The molecule has 22 heavy (non-hydrogen) atoms. The first-order valence-electron chi connectivity index (χ1n) is 8.78. The lowest BCUT2D eigenvalue weighted by Crippen LogP contribution is -2.44. The fourth-order valence-electron chi connectivity index (χ4n) is 2.88. The van der Waals surface area contributed by atoms with Crippen LogP contribution in [-0.2, 0) is 9.53 Å². The van der Waals surface area contributed by atoms with Gasteiger partial charge in [-0.3, -0.25) is 9.69 Å². The molecule has 1 atom stereocenters. The summed E-state index contributed by atoms with van der Waals surface area (Å²) >= 11 is 0. The normalized spacial score (nSPS) is 20.4. The smallest absolute Gasteiger partial charge is 0.224 e. The maximum atomic E-state index is 11.9. The van der Waals surface area contributed by atoms with Crippen molar-refractivity contribution in [2.24, 2.45) is 11.3 Å². The zero-order valence-electron chi connectivity index (χ0n) is 15.5. The third-order valence-corrected chi connectivity index (χ3v) is 4.28. The van der Waals surface area contributed by atoms with E-state index in [1.165, 1.54) is 12.8 Å². The molecule has 0 spiro atoms. The molecular formula is C18H36N2O2. The summed E-state index contributed by atoms with van der Waals surface area (Å²) < 4.78 is 5.87. The summed E-state index contributed by atoms with van der Waals surface area (Å²) in [4.78, 5) is 16.2. The molecule has 0 unspecified atom stereocenters.